The number of ether oxygens (including phenoxy) is 1. The van der Waals surface area contributed by atoms with Crippen LogP contribution in [0.15, 0.2) is 24.4 Å². The first kappa shape index (κ1) is 17.7. The van der Waals surface area contributed by atoms with E-state index in [9.17, 15) is 0 Å². The monoisotopic (exact) mass is 370 g/mol. The summed E-state index contributed by atoms with van der Waals surface area (Å²) in [7, 11) is 3.98. The lowest BCUT2D eigenvalue weighted by molar-refractivity contribution is 0.122. The fourth-order valence-corrected chi connectivity index (χ4v) is 3.32. The van der Waals surface area contributed by atoms with Crippen LogP contribution in [0.2, 0.25) is 0 Å². The second-order valence-electron chi connectivity index (χ2n) is 6.93. The van der Waals surface area contributed by atoms with E-state index < -0.39 is 0 Å². The van der Waals surface area contributed by atoms with Crippen molar-refractivity contribution >= 4 is 23.4 Å². The molecule has 2 fully saturated rings. The molecule has 0 bridgehead atoms. The summed E-state index contributed by atoms with van der Waals surface area (Å²) in [6.07, 6.45) is 1.82. The summed E-state index contributed by atoms with van der Waals surface area (Å²) in [6, 6.07) is 6.05. The van der Waals surface area contributed by atoms with Crippen molar-refractivity contribution in [1.29, 1.82) is 0 Å². The Morgan fingerprint density at radius 3 is 2.00 bits per heavy atom. The van der Waals surface area contributed by atoms with Gasteiger partial charge in [0.15, 0.2) is 11.6 Å². The summed E-state index contributed by atoms with van der Waals surface area (Å²) < 4.78 is 5.39. The molecular weight excluding hydrogens is 344 g/mol. The number of rotatable bonds is 4. The largest absolute Gasteiger partial charge is 0.378 e. The maximum Gasteiger partial charge on any atom is 0.227 e. The first-order chi connectivity index (χ1) is 13.2. The highest BCUT2D eigenvalue weighted by atomic mass is 16.5. The fourth-order valence-electron chi connectivity index (χ4n) is 3.32. The second kappa shape index (κ2) is 7.91. The Balaban J connectivity index is 1.37. The second-order valence-corrected chi connectivity index (χ2v) is 6.93. The van der Waals surface area contributed by atoms with Crippen molar-refractivity contribution in [1.82, 2.24) is 20.2 Å². The Kier molecular flexibility index (Phi) is 5.19. The summed E-state index contributed by atoms with van der Waals surface area (Å²) >= 11 is 0. The van der Waals surface area contributed by atoms with Crippen LogP contribution in [-0.4, -0.2) is 86.7 Å². The number of morpholine rings is 1. The third kappa shape index (κ3) is 4.02. The molecule has 4 rings (SSSR count). The van der Waals surface area contributed by atoms with Crippen molar-refractivity contribution in [2.75, 3.05) is 86.2 Å². The number of hydrogen-bond donors (Lipinski definition) is 0. The van der Waals surface area contributed by atoms with Gasteiger partial charge in [-0.1, -0.05) is 0 Å². The van der Waals surface area contributed by atoms with Gasteiger partial charge in [0.05, 0.1) is 13.2 Å². The number of anilines is 4. The number of hydrogen-bond acceptors (Lipinski definition) is 9. The minimum absolute atomic E-state index is 0.752. The van der Waals surface area contributed by atoms with Gasteiger partial charge in [0, 0.05) is 59.6 Å². The average molecular weight is 370 g/mol. The number of nitrogens with zero attached hydrogens (tertiary/aromatic N) is 8. The van der Waals surface area contributed by atoms with E-state index in [0.29, 0.717) is 0 Å². The molecule has 2 aliphatic heterocycles. The Bertz CT molecular complexity index is 739. The summed E-state index contributed by atoms with van der Waals surface area (Å²) in [5.74, 6) is 3.56. The van der Waals surface area contributed by atoms with Crippen LogP contribution in [0.1, 0.15) is 0 Å². The van der Waals surface area contributed by atoms with E-state index in [1.807, 2.05) is 31.3 Å². The average Bonchev–Trinajstić information content (AvgIpc) is 2.75. The SMILES string of the molecule is CN(C)c1ccnc(N2CCN(c3ccc(N4CCOCC4)nn3)CC2)n1. The molecular formula is C18H26N8O. The molecule has 2 aromatic heterocycles. The third-order valence-corrected chi connectivity index (χ3v) is 4.94. The predicted octanol–water partition coefficient (Wildman–Crippen LogP) is 0.496. The number of piperazine rings is 1. The maximum atomic E-state index is 5.39. The van der Waals surface area contributed by atoms with Gasteiger partial charge in [-0.3, -0.25) is 0 Å². The van der Waals surface area contributed by atoms with Crippen molar-refractivity contribution in [2.24, 2.45) is 0 Å². The summed E-state index contributed by atoms with van der Waals surface area (Å²) in [5.41, 5.74) is 0. The summed E-state index contributed by atoms with van der Waals surface area (Å²) in [4.78, 5) is 17.8. The molecule has 2 aliphatic rings. The standard InChI is InChI=1S/C18H26N8O/c1-23(2)15-5-6-19-18(20-15)26-9-7-24(8-10-26)16-3-4-17(22-21-16)25-11-13-27-14-12-25/h3-6H,7-14H2,1-2H3. The third-order valence-electron chi connectivity index (χ3n) is 4.94. The summed E-state index contributed by atoms with van der Waals surface area (Å²) in [5, 5.41) is 8.87. The minimum Gasteiger partial charge on any atom is -0.378 e. The van der Waals surface area contributed by atoms with Crippen LogP contribution in [0.3, 0.4) is 0 Å². The first-order valence-corrected chi connectivity index (χ1v) is 9.37. The van der Waals surface area contributed by atoms with Crippen LogP contribution in [0.5, 0.6) is 0 Å². The van der Waals surface area contributed by atoms with Crippen molar-refractivity contribution in [2.45, 2.75) is 0 Å². The van der Waals surface area contributed by atoms with Crippen LogP contribution in [0.4, 0.5) is 23.4 Å². The minimum atomic E-state index is 0.752. The smallest absolute Gasteiger partial charge is 0.227 e. The van der Waals surface area contributed by atoms with Crippen LogP contribution in [0, 0.1) is 0 Å². The molecule has 0 aliphatic carbocycles. The van der Waals surface area contributed by atoms with Gasteiger partial charge in [0.25, 0.3) is 0 Å². The Morgan fingerprint density at radius 1 is 0.815 bits per heavy atom. The van der Waals surface area contributed by atoms with Crippen molar-refractivity contribution in [3.8, 4) is 0 Å². The van der Waals surface area contributed by atoms with E-state index >= 15 is 0 Å². The zero-order valence-corrected chi connectivity index (χ0v) is 16.0. The molecule has 0 aromatic carbocycles. The van der Waals surface area contributed by atoms with E-state index in [0.717, 1.165) is 75.9 Å². The van der Waals surface area contributed by atoms with Gasteiger partial charge in [-0.05, 0) is 18.2 Å². The molecule has 9 nitrogen and oxygen atoms in total. The lowest BCUT2D eigenvalue weighted by Crippen LogP contribution is -2.47. The van der Waals surface area contributed by atoms with E-state index in [-0.39, 0.29) is 0 Å². The Labute approximate surface area is 159 Å². The molecule has 0 atom stereocenters. The van der Waals surface area contributed by atoms with E-state index in [1.54, 1.807) is 0 Å². The lowest BCUT2D eigenvalue weighted by atomic mass is 10.3. The molecule has 4 heterocycles. The quantitative estimate of drug-likeness (QED) is 0.765. The topological polar surface area (TPSA) is 73.8 Å². The highest BCUT2D eigenvalue weighted by molar-refractivity contribution is 5.48. The Morgan fingerprint density at radius 2 is 1.41 bits per heavy atom. The highest BCUT2D eigenvalue weighted by Gasteiger charge is 2.21. The molecule has 27 heavy (non-hydrogen) atoms. The Hall–Kier alpha value is -2.68. The van der Waals surface area contributed by atoms with Gasteiger partial charge in [0.2, 0.25) is 5.95 Å². The molecule has 0 N–H and O–H groups in total. The van der Waals surface area contributed by atoms with Crippen LogP contribution >= 0.6 is 0 Å². The van der Waals surface area contributed by atoms with Crippen LogP contribution in [0.25, 0.3) is 0 Å². The maximum absolute atomic E-state index is 5.39. The highest BCUT2D eigenvalue weighted by Crippen LogP contribution is 2.19. The zero-order valence-electron chi connectivity index (χ0n) is 16.0. The molecule has 0 spiro atoms. The van der Waals surface area contributed by atoms with Gasteiger partial charge in [-0.25, -0.2) is 4.98 Å². The molecule has 0 saturated carbocycles. The van der Waals surface area contributed by atoms with Gasteiger partial charge in [0.1, 0.15) is 5.82 Å². The normalized spacial score (nSPS) is 17.9. The molecule has 2 saturated heterocycles. The van der Waals surface area contributed by atoms with Gasteiger partial charge < -0.3 is 24.3 Å². The van der Waals surface area contributed by atoms with E-state index in [4.69, 9.17) is 4.74 Å². The van der Waals surface area contributed by atoms with Crippen LogP contribution in [-0.2, 0) is 4.74 Å². The molecule has 0 unspecified atom stereocenters. The predicted molar refractivity (Wildman–Crippen MR) is 106 cm³/mol. The molecule has 0 amide bonds. The fraction of sp³-hybridized carbons (Fsp3) is 0.556. The van der Waals surface area contributed by atoms with Crippen molar-refractivity contribution < 1.29 is 4.74 Å². The van der Waals surface area contributed by atoms with Gasteiger partial charge >= 0.3 is 0 Å². The van der Waals surface area contributed by atoms with E-state index in [1.165, 1.54) is 0 Å². The van der Waals surface area contributed by atoms with Crippen molar-refractivity contribution in [3.63, 3.8) is 0 Å². The van der Waals surface area contributed by atoms with Gasteiger partial charge in [-0.2, -0.15) is 4.98 Å². The molecule has 144 valence electrons. The van der Waals surface area contributed by atoms with Crippen molar-refractivity contribution in [3.05, 3.63) is 24.4 Å². The first-order valence-electron chi connectivity index (χ1n) is 9.37. The molecule has 2 aromatic rings. The van der Waals surface area contributed by atoms with Crippen LogP contribution < -0.4 is 19.6 Å². The summed E-state index contributed by atoms with van der Waals surface area (Å²) in [6.45, 7) is 6.73. The van der Waals surface area contributed by atoms with Gasteiger partial charge in [-0.15, -0.1) is 10.2 Å². The lowest BCUT2D eigenvalue weighted by Gasteiger charge is -2.35. The number of aromatic nitrogens is 4. The zero-order chi connectivity index (χ0) is 18.6. The molecule has 9 heteroatoms. The van der Waals surface area contributed by atoms with E-state index in [2.05, 4.69) is 47.0 Å². The molecule has 0 radical (unpaired) electrons.